The molecule has 1 heterocycles. The highest BCUT2D eigenvalue weighted by Crippen LogP contribution is 2.33. The molecule has 0 spiro atoms. The van der Waals surface area contributed by atoms with Gasteiger partial charge in [0.25, 0.3) is 11.8 Å². The first-order chi connectivity index (χ1) is 12.5. The van der Waals surface area contributed by atoms with E-state index in [9.17, 15) is 9.59 Å². The van der Waals surface area contributed by atoms with E-state index in [1.807, 2.05) is 24.3 Å². The fourth-order valence-electron chi connectivity index (χ4n) is 2.69. The van der Waals surface area contributed by atoms with Crippen LogP contribution in [0, 0.1) is 0 Å². The average Bonchev–Trinajstić information content (AvgIpc) is 2.65. The maximum absolute atomic E-state index is 12.8. The first-order valence-corrected chi connectivity index (χ1v) is 8.55. The Labute approximate surface area is 157 Å². The fraction of sp³-hybridized carbons (Fsp3) is 0.200. The largest absolute Gasteiger partial charge is 0.476 e. The van der Waals surface area contributed by atoms with Gasteiger partial charge in [-0.2, -0.15) is 0 Å². The zero-order valence-electron chi connectivity index (χ0n) is 14.6. The number of halogens is 1. The Morgan fingerprint density at radius 2 is 1.85 bits per heavy atom. The quantitative estimate of drug-likeness (QED) is 0.779. The summed E-state index contributed by atoms with van der Waals surface area (Å²) in [5.41, 5.74) is 1.52. The predicted octanol–water partition coefficient (Wildman–Crippen LogP) is 3.24. The van der Waals surface area contributed by atoms with Crippen molar-refractivity contribution in [1.29, 1.82) is 0 Å². The first kappa shape index (κ1) is 18.0. The molecule has 0 N–H and O–H groups in total. The molecule has 0 saturated heterocycles. The number of para-hydroxylation sites is 2. The highest BCUT2D eigenvalue weighted by atomic mass is 35.5. The van der Waals surface area contributed by atoms with Gasteiger partial charge < -0.3 is 14.5 Å². The molecule has 1 atom stereocenters. The summed E-state index contributed by atoms with van der Waals surface area (Å²) in [4.78, 5) is 28.1. The molecule has 0 fully saturated rings. The van der Waals surface area contributed by atoms with Crippen LogP contribution >= 0.6 is 11.6 Å². The van der Waals surface area contributed by atoms with Gasteiger partial charge in [-0.3, -0.25) is 9.59 Å². The molecule has 1 unspecified atom stereocenters. The number of hydrogen-bond acceptors (Lipinski definition) is 3. The summed E-state index contributed by atoms with van der Waals surface area (Å²) in [5.74, 6) is 0.124. The van der Waals surface area contributed by atoms with E-state index in [2.05, 4.69) is 0 Å². The predicted molar refractivity (Wildman–Crippen MR) is 102 cm³/mol. The van der Waals surface area contributed by atoms with E-state index in [1.165, 1.54) is 11.0 Å². The van der Waals surface area contributed by atoms with Gasteiger partial charge in [0.1, 0.15) is 5.75 Å². The van der Waals surface area contributed by atoms with Gasteiger partial charge in [-0.05, 0) is 35.9 Å². The van der Waals surface area contributed by atoms with Crippen LogP contribution in [0.4, 0.5) is 5.69 Å². The molecule has 0 bridgehead atoms. The van der Waals surface area contributed by atoms with Crippen LogP contribution in [-0.4, -0.2) is 43.5 Å². The molecular formula is C20H19ClN2O3. The number of carbonyl (C=O) groups excluding carboxylic acids is 2. The third kappa shape index (κ3) is 3.89. The molecular weight excluding hydrogens is 352 g/mol. The molecule has 0 aliphatic carbocycles. The fourth-order valence-corrected chi connectivity index (χ4v) is 2.82. The minimum absolute atomic E-state index is 0.165. The minimum atomic E-state index is -0.729. The number of fused-ring (bicyclic) bond motifs is 1. The lowest BCUT2D eigenvalue weighted by molar-refractivity contribution is -0.136. The Balaban J connectivity index is 1.85. The molecule has 1 aliphatic rings. The Bertz CT molecular complexity index is 846. The second kappa shape index (κ2) is 7.62. The molecule has 6 heteroatoms. The molecule has 2 amide bonds. The molecule has 2 aromatic carbocycles. The summed E-state index contributed by atoms with van der Waals surface area (Å²) in [7, 11) is 3.33. The number of hydrogen-bond donors (Lipinski definition) is 0. The first-order valence-electron chi connectivity index (χ1n) is 8.17. The lowest BCUT2D eigenvalue weighted by Crippen LogP contribution is -2.50. The lowest BCUT2D eigenvalue weighted by atomic mass is 10.1. The van der Waals surface area contributed by atoms with Gasteiger partial charge in [-0.1, -0.05) is 35.9 Å². The molecule has 134 valence electrons. The summed E-state index contributed by atoms with van der Waals surface area (Å²) in [6.07, 6.45) is 2.48. The van der Waals surface area contributed by atoms with Crippen LogP contribution in [0.15, 0.2) is 54.6 Å². The minimum Gasteiger partial charge on any atom is -0.476 e. The molecule has 26 heavy (non-hydrogen) atoms. The summed E-state index contributed by atoms with van der Waals surface area (Å²) in [6.45, 7) is 0.165. The van der Waals surface area contributed by atoms with E-state index in [4.69, 9.17) is 16.3 Å². The topological polar surface area (TPSA) is 49.9 Å². The third-order valence-electron chi connectivity index (χ3n) is 4.04. The highest BCUT2D eigenvalue weighted by molar-refractivity contribution is 6.30. The number of anilines is 1. The van der Waals surface area contributed by atoms with Crippen LogP contribution < -0.4 is 9.64 Å². The van der Waals surface area contributed by atoms with Gasteiger partial charge in [0.15, 0.2) is 6.10 Å². The van der Waals surface area contributed by atoms with Crippen LogP contribution in [-0.2, 0) is 9.59 Å². The Hall–Kier alpha value is -2.79. The van der Waals surface area contributed by atoms with Crippen molar-refractivity contribution in [3.05, 3.63) is 65.2 Å². The average molecular weight is 371 g/mol. The number of likely N-dealkylation sites (N-methyl/N-ethyl adjacent to an activating group) is 1. The van der Waals surface area contributed by atoms with Crippen molar-refractivity contribution in [3.63, 3.8) is 0 Å². The van der Waals surface area contributed by atoms with Gasteiger partial charge in [0.2, 0.25) is 0 Å². The van der Waals surface area contributed by atoms with Crippen molar-refractivity contribution in [3.8, 4) is 5.75 Å². The highest BCUT2D eigenvalue weighted by Gasteiger charge is 2.33. The van der Waals surface area contributed by atoms with Gasteiger partial charge >= 0.3 is 0 Å². The van der Waals surface area contributed by atoms with Crippen LogP contribution in [0.3, 0.4) is 0 Å². The third-order valence-corrected chi connectivity index (χ3v) is 4.30. The van der Waals surface area contributed by atoms with E-state index in [-0.39, 0.29) is 18.4 Å². The molecule has 0 radical (unpaired) electrons. The smallest absolute Gasteiger partial charge is 0.265 e. The van der Waals surface area contributed by atoms with Gasteiger partial charge in [0.05, 0.1) is 12.2 Å². The maximum Gasteiger partial charge on any atom is 0.265 e. The van der Waals surface area contributed by atoms with Crippen molar-refractivity contribution >= 4 is 35.2 Å². The molecule has 5 nitrogen and oxygen atoms in total. The summed E-state index contributed by atoms with van der Waals surface area (Å²) in [6, 6.07) is 14.4. The molecule has 3 rings (SSSR count). The van der Waals surface area contributed by atoms with Crippen molar-refractivity contribution in [2.75, 3.05) is 25.5 Å². The number of rotatable bonds is 3. The number of benzene rings is 2. The lowest BCUT2D eigenvalue weighted by Gasteiger charge is -2.34. The van der Waals surface area contributed by atoms with Crippen LogP contribution in [0.1, 0.15) is 5.56 Å². The maximum atomic E-state index is 12.8. The summed E-state index contributed by atoms with van der Waals surface area (Å²) < 4.78 is 5.79. The standard InChI is InChI=1S/C20H19ClN2O3/c1-22(2)20(25)18-13-23(16-5-3-4-6-17(16)26-18)19(24)12-9-14-7-10-15(21)11-8-14/h3-12,18H,13H2,1-2H3. The molecule has 0 aromatic heterocycles. The summed E-state index contributed by atoms with van der Waals surface area (Å²) >= 11 is 5.87. The summed E-state index contributed by atoms with van der Waals surface area (Å²) in [5, 5.41) is 0.639. The van der Waals surface area contributed by atoms with E-state index < -0.39 is 6.10 Å². The van der Waals surface area contributed by atoms with Crippen molar-refractivity contribution in [2.24, 2.45) is 0 Å². The SMILES string of the molecule is CN(C)C(=O)C1CN(C(=O)C=Cc2ccc(Cl)cc2)c2ccccc2O1. The van der Waals surface area contributed by atoms with Crippen molar-refractivity contribution < 1.29 is 14.3 Å². The number of ether oxygens (including phenoxy) is 1. The second-order valence-electron chi connectivity index (χ2n) is 6.14. The van der Waals surface area contributed by atoms with Crippen molar-refractivity contribution in [2.45, 2.75) is 6.10 Å². The number of carbonyl (C=O) groups is 2. The Morgan fingerprint density at radius 1 is 1.15 bits per heavy atom. The Morgan fingerprint density at radius 3 is 2.54 bits per heavy atom. The van der Waals surface area contributed by atoms with Gasteiger partial charge in [0, 0.05) is 25.2 Å². The van der Waals surface area contributed by atoms with Gasteiger partial charge in [-0.25, -0.2) is 0 Å². The second-order valence-corrected chi connectivity index (χ2v) is 6.58. The normalized spacial score (nSPS) is 16.1. The van der Waals surface area contributed by atoms with Crippen LogP contribution in [0.5, 0.6) is 5.75 Å². The zero-order chi connectivity index (χ0) is 18.7. The van der Waals surface area contributed by atoms with E-state index in [0.29, 0.717) is 16.5 Å². The van der Waals surface area contributed by atoms with E-state index >= 15 is 0 Å². The van der Waals surface area contributed by atoms with Crippen LogP contribution in [0.25, 0.3) is 6.08 Å². The number of amides is 2. The number of nitrogens with zero attached hydrogens (tertiary/aromatic N) is 2. The molecule has 2 aromatic rings. The monoisotopic (exact) mass is 370 g/mol. The van der Waals surface area contributed by atoms with E-state index in [0.717, 1.165) is 5.56 Å². The van der Waals surface area contributed by atoms with Crippen LogP contribution in [0.2, 0.25) is 5.02 Å². The van der Waals surface area contributed by atoms with E-state index in [1.54, 1.807) is 49.3 Å². The zero-order valence-corrected chi connectivity index (χ0v) is 15.3. The molecule has 1 aliphatic heterocycles. The van der Waals surface area contributed by atoms with Crippen molar-refractivity contribution in [1.82, 2.24) is 4.90 Å². The molecule has 0 saturated carbocycles. The Kier molecular flexibility index (Phi) is 5.28. The van der Waals surface area contributed by atoms with Gasteiger partial charge in [-0.15, -0.1) is 0 Å².